The lowest BCUT2D eigenvalue weighted by Crippen LogP contribution is -2.48. The van der Waals surface area contributed by atoms with E-state index in [1.807, 2.05) is 6.92 Å². The molecule has 2 atom stereocenters. The van der Waals surface area contributed by atoms with Crippen LogP contribution in [0, 0.1) is 0 Å². The summed E-state index contributed by atoms with van der Waals surface area (Å²) in [4.78, 5) is 21.8. The van der Waals surface area contributed by atoms with Gasteiger partial charge in [0.25, 0.3) is 0 Å². The molecule has 2 amide bonds. The highest BCUT2D eigenvalue weighted by Gasteiger charge is 2.30. The highest BCUT2D eigenvalue weighted by Crippen LogP contribution is 2.23. The van der Waals surface area contributed by atoms with E-state index in [4.69, 9.17) is 9.84 Å². The molecule has 0 radical (unpaired) electrons. The molecule has 1 unspecified atom stereocenters. The fourth-order valence-corrected chi connectivity index (χ4v) is 1.55. The van der Waals surface area contributed by atoms with Crippen molar-refractivity contribution in [1.29, 1.82) is 0 Å². The van der Waals surface area contributed by atoms with Gasteiger partial charge in [0, 0.05) is 13.2 Å². The first-order chi connectivity index (χ1) is 7.43. The Hall–Kier alpha value is -1.30. The number of carboxylic acids is 1. The first-order valence-corrected chi connectivity index (χ1v) is 5.34. The van der Waals surface area contributed by atoms with Gasteiger partial charge in [-0.2, -0.15) is 0 Å². The second-order valence-corrected chi connectivity index (χ2v) is 4.29. The molecule has 1 heterocycles. The van der Waals surface area contributed by atoms with Gasteiger partial charge < -0.3 is 20.5 Å². The molecule has 1 fully saturated rings. The Kier molecular flexibility index (Phi) is 4.12. The quantitative estimate of drug-likeness (QED) is 0.649. The third kappa shape index (κ3) is 3.69. The maximum absolute atomic E-state index is 11.3. The first kappa shape index (κ1) is 12.8. The normalized spacial score (nSPS) is 26.1. The number of nitrogens with one attached hydrogen (secondary N) is 2. The van der Waals surface area contributed by atoms with E-state index in [9.17, 15) is 9.59 Å². The lowest BCUT2D eigenvalue weighted by atomic mass is 10.0. The molecule has 92 valence electrons. The van der Waals surface area contributed by atoms with Crippen LogP contribution in [0.25, 0.3) is 0 Å². The molecule has 0 aromatic rings. The SMILES string of the molecule is C[C@@H](NC(=O)NCC1(C)CCCO1)C(=O)O. The number of carbonyl (C=O) groups excluding carboxylic acids is 1. The summed E-state index contributed by atoms with van der Waals surface area (Å²) in [5.41, 5.74) is -0.316. The minimum absolute atomic E-state index is 0.316. The molecule has 1 rings (SSSR count). The number of carbonyl (C=O) groups is 2. The smallest absolute Gasteiger partial charge is 0.325 e. The summed E-state index contributed by atoms with van der Waals surface area (Å²) in [7, 11) is 0. The summed E-state index contributed by atoms with van der Waals surface area (Å²) < 4.78 is 5.48. The average molecular weight is 230 g/mol. The topological polar surface area (TPSA) is 87.7 Å². The van der Waals surface area contributed by atoms with Crippen LogP contribution in [-0.2, 0) is 9.53 Å². The first-order valence-electron chi connectivity index (χ1n) is 5.34. The van der Waals surface area contributed by atoms with Crippen LogP contribution in [0.3, 0.4) is 0 Å². The second kappa shape index (κ2) is 5.16. The van der Waals surface area contributed by atoms with Crippen molar-refractivity contribution in [2.45, 2.75) is 38.3 Å². The monoisotopic (exact) mass is 230 g/mol. The Morgan fingerprint density at radius 1 is 1.56 bits per heavy atom. The molecule has 0 aromatic heterocycles. The molecule has 6 heteroatoms. The van der Waals surface area contributed by atoms with Crippen LogP contribution in [0.15, 0.2) is 0 Å². The van der Waals surface area contributed by atoms with Gasteiger partial charge in [0.2, 0.25) is 0 Å². The summed E-state index contributed by atoms with van der Waals surface area (Å²) >= 11 is 0. The number of hydrogen-bond donors (Lipinski definition) is 3. The van der Waals surface area contributed by atoms with E-state index in [0.717, 1.165) is 12.8 Å². The minimum Gasteiger partial charge on any atom is -0.480 e. The maximum atomic E-state index is 11.3. The summed E-state index contributed by atoms with van der Waals surface area (Å²) in [6.07, 6.45) is 1.90. The molecule has 0 bridgehead atoms. The summed E-state index contributed by atoms with van der Waals surface area (Å²) in [6, 6.07) is -1.37. The highest BCUT2D eigenvalue weighted by atomic mass is 16.5. The van der Waals surface area contributed by atoms with Gasteiger partial charge in [-0.1, -0.05) is 0 Å². The Bertz CT molecular complexity index is 274. The van der Waals surface area contributed by atoms with Crippen LogP contribution >= 0.6 is 0 Å². The largest absolute Gasteiger partial charge is 0.480 e. The van der Waals surface area contributed by atoms with Gasteiger partial charge in [0.15, 0.2) is 0 Å². The van der Waals surface area contributed by atoms with E-state index < -0.39 is 18.0 Å². The van der Waals surface area contributed by atoms with E-state index in [-0.39, 0.29) is 5.60 Å². The lowest BCUT2D eigenvalue weighted by molar-refractivity contribution is -0.138. The average Bonchev–Trinajstić information content (AvgIpc) is 2.63. The molecule has 0 aromatic carbocycles. The second-order valence-electron chi connectivity index (χ2n) is 4.29. The maximum Gasteiger partial charge on any atom is 0.325 e. The Morgan fingerprint density at radius 2 is 2.25 bits per heavy atom. The third-order valence-corrected chi connectivity index (χ3v) is 2.64. The van der Waals surface area contributed by atoms with E-state index in [2.05, 4.69) is 10.6 Å². The van der Waals surface area contributed by atoms with Crippen molar-refractivity contribution in [1.82, 2.24) is 10.6 Å². The standard InChI is InChI=1S/C10H18N2O4/c1-7(8(13)14)12-9(15)11-6-10(2)4-3-5-16-10/h7H,3-6H2,1-2H3,(H,13,14)(H2,11,12,15)/t7-,10?/m1/s1. The molecule has 0 saturated carbocycles. The Balaban J connectivity index is 2.27. The van der Waals surface area contributed by atoms with E-state index in [1.54, 1.807) is 0 Å². The number of amides is 2. The third-order valence-electron chi connectivity index (χ3n) is 2.64. The van der Waals surface area contributed by atoms with E-state index in [0.29, 0.717) is 13.2 Å². The zero-order valence-corrected chi connectivity index (χ0v) is 9.58. The molecule has 6 nitrogen and oxygen atoms in total. The zero-order valence-electron chi connectivity index (χ0n) is 9.58. The van der Waals surface area contributed by atoms with Gasteiger partial charge in [-0.3, -0.25) is 4.79 Å². The van der Waals surface area contributed by atoms with Crippen LogP contribution in [0.4, 0.5) is 4.79 Å². The molecule has 3 N–H and O–H groups in total. The summed E-state index contributed by atoms with van der Waals surface area (Å²) in [6.45, 7) is 4.45. The van der Waals surface area contributed by atoms with Gasteiger partial charge in [-0.25, -0.2) is 4.79 Å². The summed E-state index contributed by atoms with van der Waals surface area (Å²) in [5.74, 6) is -1.06. The lowest BCUT2D eigenvalue weighted by Gasteiger charge is -2.23. The molecule has 1 saturated heterocycles. The predicted molar refractivity (Wildman–Crippen MR) is 57.2 cm³/mol. The molecular weight excluding hydrogens is 212 g/mol. The van der Waals surface area contributed by atoms with E-state index >= 15 is 0 Å². The molecule has 1 aliphatic rings. The van der Waals surface area contributed by atoms with E-state index in [1.165, 1.54) is 6.92 Å². The number of carboxylic acid groups (broad SMARTS) is 1. The fourth-order valence-electron chi connectivity index (χ4n) is 1.55. The Morgan fingerprint density at radius 3 is 2.75 bits per heavy atom. The number of rotatable bonds is 4. The van der Waals surface area contributed by atoms with Crippen LogP contribution in [0.2, 0.25) is 0 Å². The molecular formula is C10H18N2O4. The number of aliphatic carboxylic acids is 1. The molecule has 0 spiro atoms. The predicted octanol–water partition coefficient (Wildman–Crippen LogP) is 0.328. The minimum atomic E-state index is -1.06. The van der Waals surface area contributed by atoms with Gasteiger partial charge in [-0.15, -0.1) is 0 Å². The number of urea groups is 1. The fraction of sp³-hybridized carbons (Fsp3) is 0.800. The molecule has 0 aliphatic carbocycles. The van der Waals surface area contributed by atoms with Crippen molar-refractivity contribution in [2.24, 2.45) is 0 Å². The number of ether oxygens (including phenoxy) is 1. The molecule has 1 aliphatic heterocycles. The van der Waals surface area contributed by atoms with Crippen LogP contribution in [-0.4, -0.2) is 41.9 Å². The highest BCUT2D eigenvalue weighted by molar-refractivity contribution is 5.82. The van der Waals surface area contributed by atoms with Crippen LogP contribution < -0.4 is 10.6 Å². The van der Waals surface area contributed by atoms with Crippen molar-refractivity contribution in [2.75, 3.05) is 13.2 Å². The zero-order chi connectivity index (χ0) is 12.2. The molecule has 16 heavy (non-hydrogen) atoms. The van der Waals surface area contributed by atoms with Gasteiger partial charge in [-0.05, 0) is 26.7 Å². The summed E-state index contributed by atoms with van der Waals surface area (Å²) in [5, 5.41) is 13.5. The van der Waals surface area contributed by atoms with Crippen molar-refractivity contribution >= 4 is 12.0 Å². The van der Waals surface area contributed by atoms with Gasteiger partial charge >= 0.3 is 12.0 Å². The number of hydrogen-bond acceptors (Lipinski definition) is 3. The Labute approximate surface area is 94.3 Å². The van der Waals surface area contributed by atoms with Gasteiger partial charge in [0.1, 0.15) is 6.04 Å². The van der Waals surface area contributed by atoms with Crippen molar-refractivity contribution < 1.29 is 19.4 Å². The van der Waals surface area contributed by atoms with Crippen molar-refractivity contribution in [3.05, 3.63) is 0 Å². The van der Waals surface area contributed by atoms with Gasteiger partial charge in [0.05, 0.1) is 5.60 Å². The van der Waals surface area contributed by atoms with Crippen molar-refractivity contribution in [3.8, 4) is 0 Å². The van der Waals surface area contributed by atoms with Crippen LogP contribution in [0.1, 0.15) is 26.7 Å². The van der Waals surface area contributed by atoms with Crippen molar-refractivity contribution in [3.63, 3.8) is 0 Å². The van der Waals surface area contributed by atoms with Crippen LogP contribution in [0.5, 0.6) is 0 Å².